The van der Waals surface area contributed by atoms with Gasteiger partial charge in [-0.15, -0.1) is 0 Å². The van der Waals surface area contributed by atoms with Crippen molar-refractivity contribution in [3.63, 3.8) is 0 Å². The van der Waals surface area contributed by atoms with Crippen LogP contribution in [-0.2, 0) is 23.8 Å². The molecule has 0 bridgehead atoms. The molecule has 4 aliphatic carbocycles. The summed E-state index contributed by atoms with van der Waals surface area (Å²) in [6.45, 7) is 17.1. The highest BCUT2D eigenvalue weighted by Crippen LogP contribution is 2.77. The number of carbonyl (C=O) groups is 2. The van der Waals surface area contributed by atoms with Gasteiger partial charge in [-0.2, -0.15) is 0 Å². The van der Waals surface area contributed by atoms with Gasteiger partial charge >= 0.3 is 11.9 Å². The Morgan fingerprint density at radius 1 is 0.870 bits per heavy atom. The van der Waals surface area contributed by atoms with Crippen molar-refractivity contribution >= 4 is 11.9 Å². The van der Waals surface area contributed by atoms with Gasteiger partial charge in [0, 0.05) is 5.41 Å². The highest BCUT2D eigenvalue weighted by Gasteiger charge is 2.74. The molecule has 0 unspecified atom stereocenters. The van der Waals surface area contributed by atoms with Crippen LogP contribution in [0.5, 0.6) is 0 Å². The lowest BCUT2D eigenvalue weighted by molar-refractivity contribution is -0.293. The van der Waals surface area contributed by atoms with Gasteiger partial charge in [0.15, 0.2) is 0 Å². The van der Waals surface area contributed by atoms with Crippen LogP contribution < -0.4 is 0 Å². The van der Waals surface area contributed by atoms with E-state index in [9.17, 15) is 35.1 Å². The van der Waals surface area contributed by atoms with Crippen LogP contribution in [0, 0.1) is 51.2 Å². The summed E-state index contributed by atoms with van der Waals surface area (Å²) >= 11 is 0. The van der Waals surface area contributed by atoms with Crippen LogP contribution in [0.1, 0.15) is 99.3 Å². The maximum Gasteiger partial charge on any atom is 0.310 e. The smallest absolute Gasteiger partial charge is 0.310 e. The zero-order valence-electron chi connectivity index (χ0n) is 28.4. The first-order chi connectivity index (χ1) is 21.4. The predicted octanol–water partition coefficient (Wildman–Crippen LogP) is 3.82. The Balaban J connectivity index is 1.29. The van der Waals surface area contributed by atoms with E-state index >= 15 is 0 Å². The molecule has 0 amide bonds. The Morgan fingerprint density at radius 3 is 2.20 bits per heavy atom. The van der Waals surface area contributed by atoms with Crippen molar-refractivity contribution < 1.29 is 49.3 Å². The third-order valence-corrected chi connectivity index (χ3v) is 15.1. The second kappa shape index (κ2) is 11.2. The van der Waals surface area contributed by atoms with Crippen LogP contribution in [0.25, 0.3) is 0 Å². The van der Waals surface area contributed by atoms with E-state index in [2.05, 4.69) is 48.1 Å². The molecular weight excluding hydrogens is 592 g/mol. The molecule has 5 N–H and O–H groups in total. The zero-order valence-corrected chi connectivity index (χ0v) is 28.4. The van der Waals surface area contributed by atoms with Crippen LogP contribution in [0.4, 0.5) is 0 Å². The molecule has 0 spiro atoms. The number of aliphatic hydroxyl groups excluding tert-OH is 4. The third kappa shape index (κ3) is 4.56. The van der Waals surface area contributed by atoms with E-state index < -0.39 is 66.4 Å². The van der Waals surface area contributed by atoms with Crippen LogP contribution in [-0.4, -0.2) is 86.5 Å². The zero-order chi connectivity index (χ0) is 33.8. The minimum Gasteiger partial charge on any atom is -0.481 e. The first-order valence-corrected chi connectivity index (χ1v) is 17.5. The number of aliphatic carboxylic acids is 1. The number of hydrogen-bond acceptors (Lipinski definition) is 9. The summed E-state index contributed by atoms with van der Waals surface area (Å²) < 4.78 is 17.8. The molecule has 4 saturated carbocycles. The van der Waals surface area contributed by atoms with E-state index in [0.717, 1.165) is 50.5 Å². The molecule has 0 aromatic carbocycles. The molecule has 2 saturated heterocycles. The number of carboxylic acids is 1. The number of carboxylic acid groups (broad SMARTS) is 1. The lowest BCUT2D eigenvalue weighted by Gasteiger charge is -2.70. The highest BCUT2D eigenvalue weighted by molar-refractivity contribution is 5.76. The lowest BCUT2D eigenvalue weighted by Crippen LogP contribution is -2.66. The minimum absolute atomic E-state index is 0.0688. The fourth-order valence-corrected chi connectivity index (χ4v) is 12.7. The molecular formula is C36H56O10. The molecule has 0 aromatic rings. The molecule has 6 rings (SSSR count). The molecule has 46 heavy (non-hydrogen) atoms. The van der Waals surface area contributed by atoms with Gasteiger partial charge < -0.3 is 39.7 Å². The fourth-order valence-electron chi connectivity index (χ4n) is 12.7. The fraction of sp³-hybridized carbons (Fsp3) is 0.889. The van der Waals surface area contributed by atoms with Gasteiger partial charge in [-0.1, -0.05) is 32.9 Å². The highest BCUT2D eigenvalue weighted by atomic mass is 16.7. The van der Waals surface area contributed by atoms with E-state index in [1.165, 1.54) is 0 Å². The maximum absolute atomic E-state index is 13.5. The Labute approximate surface area is 272 Å². The maximum atomic E-state index is 13.5. The summed E-state index contributed by atoms with van der Waals surface area (Å²) in [5.74, 6) is -0.300. The van der Waals surface area contributed by atoms with Gasteiger partial charge in [0.2, 0.25) is 6.29 Å². The van der Waals surface area contributed by atoms with E-state index in [1.54, 1.807) is 0 Å². The summed E-state index contributed by atoms with van der Waals surface area (Å²) in [6.07, 6.45) is -1.10. The number of ether oxygens (including phenoxy) is 3. The normalized spacial score (nSPS) is 52.5. The molecule has 2 heterocycles. The Morgan fingerprint density at radius 2 is 1.57 bits per heavy atom. The summed E-state index contributed by atoms with van der Waals surface area (Å²) in [5.41, 5.74) is -0.624. The molecule has 6 aliphatic rings. The third-order valence-electron chi connectivity index (χ3n) is 15.1. The van der Waals surface area contributed by atoms with Crippen molar-refractivity contribution in [3.8, 4) is 0 Å². The van der Waals surface area contributed by atoms with Crippen LogP contribution in [0.15, 0.2) is 12.2 Å². The molecule has 2 aliphatic heterocycles. The standard InChI is InChI=1S/C36H56O10/c1-18(2)19-10-13-36(31(42)43)15-14-33(5)20(26(19)36)8-9-23-34(33,6)12-11-22-32(3,4)46-24(35(22,23)7)16-25(38)45-30-29(41)28(40)27(39)21(17-37)44-30/h19-24,26-30,37,39-41H,1,8-17H2,2-7H3,(H,42,43)/t19-,20+,21+,22-,23-,24+,26+,27+,28-,29+,30-,33+,34+,35-,36-/m0/s1. The second-order valence-electron chi connectivity index (χ2n) is 17.1. The van der Waals surface area contributed by atoms with Crippen molar-refractivity contribution in [1.29, 1.82) is 0 Å². The van der Waals surface area contributed by atoms with Gasteiger partial charge in [-0.05, 0) is 113 Å². The summed E-state index contributed by atoms with van der Waals surface area (Å²) in [4.78, 5) is 26.5. The number of aliphatic hydroxyl groups is 4. The second-order valence-corrected chi connectivity index (χ2v) is 17.1. The number of esters is 1. The van der Waals surface area contributed by atoms with Crippen molar-refractivity contribution in [2.75, 3.05) is 6.61 Å². The van der Waals surface area contributed by atoms with Crippen molar-refractivity contribution in [2.45, 2.75) is 142 Å². The summed E-state index contributed by atoms with van der Waals surface area (Å²) in [7, 11) is 0. The number of carbonyl (C=O) groups excluding carboxylic acids is 1. The monoisotopic (exact) mass is 648 g/mol. The summed E-state index contributed by atoms with van der Waals surface area (Å²) in [6, 6.07) is 0. The Kier molecular flexibility index (Phi) is 8.38. The molecule has 0 radical (unpaired) electrons. The topological polar surface area (TPSA) is 163 Å². The van der Waals surface area contributed by atoms with E-state index in [-0.39, 0.29) is 52.3 Å². The molecule has 0 aromatic heterocycles. The van der Waals surface area contributed by atoms with Crippen LogP contribution in [0.3, 0.4) is 0 Å². The van der Waals surface area contributed by atoms with Gasteiger partial charge in [-0.25, -0.2) is 0 Å². The SMILES string of the molecule is C=C(C)[C@@H]1CC[C@]2(C(=O)O)CC[C@]3(C)[C@H](CC[C@@H]4[C@@]5(C)[C@@H](CC(=O)O[C@@H]6O[C@H](CO)[C@@H](O)[C@H](O)[C@H]6O)OC(C)(C)[C@@H]5CC[C@]43C)[C@@H]12. The average Bonchev–Trinajstić information content (AvgIpc) is 3.47. The Hall–Kier alpha value is -1.56. The molecule has 6 fully saturated rings. The Bertz CT molecular complexity index is 1250. The van der Waals surface area contributed by atoms with Crippen molar-refractivity contribution in [2.24, 2.45) is 51.2 Å². The number of hydrogen-bond donors (Lipinski definition) is 5. The number of allylic oxidation sites excluding steroid dienone is 1. The first kappa shape index (κ1) is 34.3. The molecule has 260 valence electrons. The number of fused-ring (bicyclic) bond motifs is 7. The van der Waals surface area contributed by atoms with Crippen LogP contribution >= 0.6 is 0 Å². The largest absolute Gasteiger partial charge is 0.481 e. The van der Waals surface area contributed by atoms with Gasteiger partial charge in [0.05, 0.1) is 30.1 Å². The van der Waals surface area contributed by atoms with E-state index in [0.29, 0.717) is 6.42 Å². The van der Waals surface area contributed by atoms with Crippen molar-refractivity contribution in [3.05, 3.63) is 12.2 Å². The van der Waals surface area contributed by atoms with Crippen molar-refractivity contribution in [1.82, 2.24) is 0 Å². The minimum atomic E-state index is -1.66. The van der Waals surface area contributed by atoms with Gasteiger partial charge in [0.1, 0.15) is 24.4 Å². The first-order valence-electron chi connectivity index (χ1n) is 17.5. The van der Waals surface area contributed by atoms with E-state index in [1.807, 2.05) is 0 Å². The van der Waals surface area contributed by atoms with Gasteiger partial charge in [-0.3, -0.25) is 9.59 Å². The average molecular weight is 649 g/mol. The molecule has 15 atom stereocenters. The summed E-state index contributed by atoms with van der Waals surface area (Å²) in [5, 5.41) is 51.0. The predicted molar refractivity (Wildman–Crippen MR) is 167 cm³/mol. The van der Waals surface area contributed by atoms with Gasteiger partial charge in [0.25, 0.3) is 0 Å². The van der Waals surface area contributed by atoms with Crippen LogP contribution in [0.2, 0.25) is 0 Å². The molecule has 10 heteroatoms. The lowest BCUT2D eigenvalue weighted by atomic mass is 9.33. The number of rotatable bonds is 6. The van der Waals surface area contributed by atoms with E-state index in [4.69, 9.17) is 14.2 Å². The quantitative estimate of drug-likeness (QED) is 0.211. The molecule has 10 nitrogen and oxygen atoms in total.